The summed E-state index contributed by atoms with van der Waals surface area (Å²) in [6.07, 6.45) is 5.46. The van der Waals surface area contributed by atoms with Gasteiger partial charge in [0.25, 0.3) is 5.91 Å². The highest BCUT2D eigenvalue weighted by Gasteiger charge is 2.32. The van der Waals surface area contributed by atoms with Gasteiger partial charge in [0, 0.05) is 24.0 Å². The lowest BCUT2D eigenvalue weighted by Gasteiger charge is -2.29. The van der Waals surface area contributed by atoms with Crippen LogP contribution >= 0.6 is 24.0 Å². The van der Waals surface area contributed by atoms with E-state index in [2.05, 4.69) is 36.1 Å². The summed E-state index contributed by atoms with van der Waals surface area (Å²) in [6, 6.07) is 14.6. The summed E-state index contributed by atoms with van der Waals surface area (Å²) < 4.78 is 13.8. The molecule has 2 aromatic carbocycles. The van der Waals surface area contributed by atoms with Gasteiger partial charge in [-0.2, -0.15) is 0 Å². The van der Waals surface area contributed by atoms with E-state index in [1.807, 2.05) is 6.08 Å². The van der Waals surface area contributed by atoms with Gasteiger partial charge in [-0.25, -0.2) is 9.37 Å². The SMILES string of the molecule is Cc1ccc2nc(N3CCCCC3)c(/C=C3\SC(=S)N(Cc4ccc(F)cc4)C3=O)cc2c1. The maximum Gasteiger partial charge on any atom is 0.266 e. The van der Waals surface area contributed by atoms with Crippen LogP contribution in [0.3, 0.4) is 0 Å². The summed E-state index contributed by atoms with van der Waals surface area (Å²) >= 11 is 6.83. The monoisotopic (exact) mass is 477 g/mol. The van der Waals surface area contributed by atoms with Crippen molar-refractivity contribution < 1.29 is 9.18 Å². The van der Waals surface area contributed by atoms with Gasteiger partial charge in [0.1, 0.15) is 16.0 Å². The Morgan fingerprint density at radius 3 is 2.61 bits per heavy atom. The number of hydrogen-bond donors (Lipinski definition) is 0. The number of nitrogens with zero attached hydrogens (tertiary/aromatic N) is 3. The molecule has 3 heterocycles. The first-order valence-electron chi connectivity index (χ1n) is 11.1. The Kier molecular flexibility index (Phi) is 6.17. The molecule has 2 saturated heterocycles. The lowest BCUT2D eigenvalue weighted by molar-refractivity contribution is -0.122. The van der Waals surface area contributed by atoms with Crippen molar-refractivity contribution in [2.24, 2.45) is 0 Å². The predicted molar refractivity (Wildman–Crippen MR) is 138 cm³/mol. The Morgan fingerprint density at radius 1 is 1.09 bits per heavy atom. The third-order valence-corrected chi connectivity index (χ3v) is 7.43. The minimum absolute atomic E-state index is 0.122. The summed E-state index contributed by atoms with van der Waals surface area (Å²) in [4.78, 5) is 22.7. The number of aryl methyl sites for hydroxylation is 1. The number of halogens is 1. The molecule has 0 unspecified atom stereocenters. The van der Waals surface area contributed by atoms with Crippen LogP contribution in [0.5, 0.6) is 0 Å². The summed E-state index contributed by atoms with van der Waals surface area (Å²) in [6.45, 7) is 4.34. The van der Waals surface area contributed by atoms with Gasteiger partial charge in [0.15, 0.2) is 0 Å². The quantitative estimate of drug-likeness (QED) is 0.337. The van der Waals surface area contributed by atoms with E-state index < -0.39 is 0 Å². The standard InChI is InChI=1S/C26H24FN3OS2/c1-17-5-10-22-19(13-17)14-20(24(28-22)29-11-3-2-4-12-29)15-23-25(31)30(26(32)33-23)16-18-6-8-21(27)9-7-18/h5-10,13-15H,2-4,11-12,16H2,1H3/b23-15-. The smallest absolute Gasteiger partial charge is 0.266 e. The summed E-state index contributed by atoms with van der Waals surface area (Å²) in [7, 11) is 0. The van der Waals surface area contributed by atoms with Gasteiger partial charge in [-0.1, -0.05) is 47.7 Å². The van der Waals surface area contributed by atoms with E-state index >= 15 is 0 Å². The molecule has 5 rings (SSSR count). The normalized spacial score (nSPS) is 18.1. The minimum atomic E-state index is -0.298. The predicted octanol–water partition coefficient (Wildman–Crippen LogP) is 6.07. The second-order valence-corrected chi connectivity index (χ2v) is 10.2. The zero-order valence-electron chi connectivity index (χ0n) is 18.4. The number of carbonyl (C=O) groups excluding carboxylic acids is 1. The molecule has 7 heteroatoms. The number of aromatic nitrogens is 1. The molecule has 0 aliphatic carbocycles. The fourth-order valence-corrected chi connectivity index (χ4v) is 5.56. The number of rotatable bonds is 4. The maximum atomic E-state index is 13.3. The van der Waals surface area contributed by atoms with Gasteiger partial charge in [-0.05, 0) is 68.2 Å². The summed E-state index contributed by atoms with van der Waals surface area (Å²) in [5, 5.41) is 1.06. The van der Waals surface area contributed by atoms with Gasteiger partial charge >= 0.3 is 0 Å². The minimum Gasteiger partial charge on any atom is -0.356 e. The lowest BCUT2D eigenvalue weighted by atomic mass is 10.1. The fourth-order valence-electron chi connectivity index (χ4n) is 4.32. The Hall–Kier alpha value is -2.77. The number of anilines is 1. The van der Waals surface area contributed by atoms with E-state index in [4.69, 9.17) is 17.2 Å². The van der Waals surface area contributed by atoms with Gasteiger partial charge in [-0.15, -0.1) is 0 Å². The zero-order chi connectivity index (χ0) is 22.9. The molecule has 33 heavy (non-hydrogen) atoms. The molecule has 2 aliphatic rings. The molecule has 0 bridgehead atoms. The number of pyridine rings is 1. The third kappa shape index (κ3) is 4.66. The topological polar surface area (TPSA) is 36.4 Å². The Balaban J connectivity index is 1.51. The van der Waals surface area contributed by atoms with Crippen LogP contribution in [0.2, 0.25) is 0 Å². The molecule has 0 N–H and O–H groups in total. The molecule has 0 radical (unpaired) electrons. The largest absolute Gasteiger partial charge is 0.356 e. The average molecular weight is 478 g/mol. The summed E-state index contributed by atoms with van der Waals surface area (Å²) in [5.41, 5.74) is 3.91. The molecule has 0 saturated carbocycles. The molecule has 0 spiro atoms. The van der Waals surface area contributed by atoms with Crippen molar-refractivity contribution in [2.45, 2.75) is 32.7 Å². The van der Waals surface area contributed by atoms with E-state index in [1.54, 1.807) is 17.0 Å². The van der Waals surface area contributed by atoms with Crippen molar-refractivity contribution in [3.8, 4) is 0 Å². The van der Waals surface area contributed by atoms with Gasteiger partial charge < -0.3 is 4.90 Å². The number of thiocarbonyl (C=S) groups is 1. The van der Waals surface area contributed by atoms with Crippen LogP contribution in [0.4, 0.5) is 10.2 Å². The van der Waals surface area contributed by atoms with Crippen molar-refractivity contribution in [3.05, 3.63) is 75.9 Å². The fraction of sp³-hybridized carbons (Fsp3) is 0.269. The van der Waals surface area contributed by atoms with Crippen molar-refractivity contribution >= 4 is 57.0 Å². The van der Waals surface area contributed by atoms with Crippen molar-refractivity contribution in [1.82, 2.24) is 9.88 Å². The number of amides is 1. The first-order chi connectivity index (χ1) is 16.0. The van der Waals surface area contributed by atoms with E-state index in [1.165, 1.54) is 35.9 Å². The van der Waals surface area contributed by atoms with Crippen LogP contribution in [0.15, 0.2) is 53.4 Å². The van der Waals surface area contributed by atoms with E-state index in [0.717, 1.165) is 53.8 Å². The first kappa shape index (κ1) is 22.0. The van der Waals surface area contributed by atoms with Crippen molar-refractivity contribution in [2.75, 3.05) is 18.0 Å². The van der Waals surface area contributed by atoms with Crippen molar-refractivity contribution in [3.63, 3.8) is 0 Å². The van der Waals surface area contributed by atoms with E-state index in [9.17, 15) is 9.18 Å². The Morgan fingerprint density at radius 2 is 1.85 bits per heavy atom. The van der Waals surface area contributed by atoms with Crippen molar-refractivity contribution in [1.29, 1.82) is 0 Å². The Labute approximate surface area is 202 Å². The molecule has 1 amide bonds. The van der Waals surface area contributed by atoms with Crippen LogP contribution in [0.25, 0.3) is 17.0 Å². The Bertz CT molecular complexity index is 1270. The second-order valence-electron chi connectivity index (χ2n) is 8.54. The highest BCUT2D eigenvalue weighted by molar-refractivity contribution is 8.26. The molecule has 3 aromatic rings. The van der Waals surface area contributed by atoms with Crippen LogP contribution in [-0.2, 0) is 11.3 Å². The number of fused-ring (bicyclic) bond motifs is 1. The first-order valence-corrected chi connectivity index (χ1v) is 12.4. The van der Waals surface area contributed by atoms with Crippen LogP contribution in [0, 0.1) is 12.7 Å². The molecule has 0 atom stereocenters. The average Bonchev–Trinajstić information content (AvgIpc) is 3.08. The number of carbonyl (C=O) groups is 1. The molecule has 2 fully saturated rings. The maximum absolute atomic E-state index is 13.3. The lowest BCUT2D eigenvalue weighted by Crippen LogP contribution is -2.30. The molecular formula is C26H24FN3OS2. The highest BCUT2D eigenvalue weighted by atomic mass is 32.2. The molecule has 168 valence electrons. The highest BCUT2D eigenvalue weighted by Crippen LogP contribution is 2.36. The van der Waals surface area contributed by atoms with Crippen LogP contribution in [-0.4, -0.2) is 33.2 Å². The number of hydrogen-bond acceptors (Lipinski definition) is 5. The van der Waals surface area contributed by atoms with Crippen LogP contribution in [0.1, 0.15) is 36.0 Å². The van der Waals surface area contributed by atoms with E-state index in [0.29, 0.717) is 15.8 Å². The number of piperidine rings is 1. The summed E-state index contributed by atoms with van der Waals surface area (Å²) in [5.74, 6) is 0.506. The van der Waals surface area contributed by atoms with Gasteiger partial charge in [0.05, 0.1) is 17.0 Å². The number of benzene rings is 2. The van der Waals surface area contributed by atoms with Crippen LogP contribution < -0.4 is 4.90 Å². The van der Waals surface area contributed by atoms with E-state index in [-0.39, 0.29) is 11.7 Å². The zero-order valence-corrected chi connectivity index (χ0v) is 20.0. The molecule has 1 aromatic heterocycles. The molecule has 2 aliphatic heterocycles. The molecular weight excluding hydrogens is 453 g/mol. The third-order valence-electron chi connectivity index (χ3n) is 6.05. The second kappa shape index (κ2) is 9.23. The molecule has 4 nitrogen and oxygen atoms in total. The van der Waals surface area contributed by atoms with Gasteiger partial charge in [0.2, 0.25) is 0 Å². The van der Waals surface area contributed by atoms with Gasteiger partial charge in [-0.3, -0.25) is 9.69 Å². The number of thioether (sulfide) groups is 1.